The molecule has 2 atom stereocenters. The first-order chi connectivity index (χ1) is 7.35. The van der Waals surface area contributed by atoms with E-state index in [4.69, 9.17) is 5.73 Å². The smallest absolute Gasteiger partial charge is 0.238 e. The summed E-state index contributed by atoms with van der Waals surface area (Å²) >= 11 is 0. The topological polar surface area (TPSA) is 80.5 Å². The Morgan fingerprint density at radius 1 is 1.44 bits per heavy atom. The molecule has 1 saturated heterocycles. The molecule has 0 bridgehead atoms. The average molecular weight is 248 g/mol. The molecule has 0 aromatic rings. The number of piperidine rings is 1. The summed E-state index contributed by atoms with van der Waals surface area (Å²) in [4.78, 5) is 13.5. The summed E-state index contributed by atoms with van der Waals surface area (Å²) in [6, 6.07) is 0.0922. The van der Waals surface area contributed by atoms with Crippen LogP contribution in [-0.2, 0) is 14.6 Å². The standard InChI is InChI=1S/C10H20N2O3S/c1-8-4-3-5-9(6-11)12(8)10(13)7-16(2,14)15/h8-9H,3-7,11H2,1-2H3. The second kappa shape index (κ2) is 5.14. The van der Waals surface area contributed by atoms with Crippen molar-refractivity contribution in [2.24, 2.45) is 5.73 Å². The maximum Gasteiger partial charge on any atom is 0.238 e. The number of carbonyl (C=O) groups excluding carboxylic acids is 1. The predicted molar refractivity (Wildman–Crippen MR) is 62.7 cm³/mol. The normalized spacial score (nSPS) is 26.8. The lowest BCUT2D eigenvalue weighted by atomic mass is 9.96. The highest BCUT2D eigenvalue weighted by Crippen LogP contribution is 2.22. The van der Waals surface area contributed by atoms with E-state index in [0.29, 0.717) is 6.54 Å². The summed E-state index contributed by atoms with van der Waals surface area (Å²) in [5.74, 6) is -0.724. The minimum Gasteiger partial charge on any atom is -0.335 e. The van der Waals surface area contributed by atoms with Gasteiger partial charge in [-0.2, -0.15) is 0 Å². The summed E-state index contributed by atoms with van der Waals surface area (Å²) in [5, 5.41) is 0. The number of carbonyl (C=O) groups is 1. The van der Waals surface area contributed by atoms with Gasteiger partial charge in [0.2, 0.25) is 5.91 Å². The number of hydrogen-bond donors (Lipinski definition) is 1. The van der Waals surface area contributed by atoms with E-state index in [1.165, 1.54) is 0 Å². The largest absolute Gasteiger partial charge is 0.335 e. The van der Waals surface area contributed by atoms with Crippen molar-refractivity contribution in [2.75, 3.05) is 18.6 Å². The zero-order chi connectivity index (χ0) is 12.3. The molecule has 1 rings (SSSR count). The highest BCUT2D eigenvalue weighted by molar-refractivity contribution is 7.91. The van der Waals surface area contributed by atoms with Crippen molar-refractivity contribution >= 4 is 15.7 Å². The molecule has 16 heavy (non-hydrogen) atoms. The summed E-state index contributed by atoms with van der Waals surface area (Å²) in [6.45, 7) is 2.35. The van der Waals surface area contributed by atoms with E-state index >= 15 is 0 Å². The van der Waals surface area contributed by atoms with E-state index in [2.05, 4.69) is 0 Å². The molecule has 94 valence electrons. The Balaban J connectivity index is 2.77. The van der Waals surface area contributed by atoms with Crippen LogP contribution in [0.15, 0.2) is 0 Å². The summed E-state index contributed by atoms with van der Waals surface area (Å²) < 4.78 is 22.2. The third-order valence-electron chi connectivity index (χ3n) is 2.97. The van der Waals surface area contributed by atoms with Gasteiger partial charge in [0.25, 0.3) is 0 Å². The number of amides is 1. The fourth-order valence-corrected chi connectivity index (χ4v) is 2.86. The Morgan fingerprint density at radius 2 is 2.06 bits per heavy atom. The lowest BCUT2D eigenvalue weighted by Gasteiger charge is -2.40. The molecule has 1 aliphatic rings. The van der Waals surface area contributed by atoms with Crippen LogP contribution in [0.25, 0.3) is 0 Å². The molecule has 2 unspecified atom stereocenters. The van der Waals surface area contributed by atoms with E-state index in [0.717, 1.165) is 25.5 Å². The van der Waals surface area contributed by atoms with E-state index in [1.807, 2.05) is 6.92 Å². The molecular formula is C10H20N2O3S. The Bertz CT molecular complexity index is 353. The van der Waals surface area contributed by atoms with Crippen LogP contribution in [0.1, 0.15) is 26.2 Å². The highest BCUT2D eigenvalue weighted by atomic mass is 32.2. The molecule has 0 radical (unpaired) electrons. The Labute approximate surface area is 96.9 Å². The number of likely N-dealkylation sites (tertiary alicyclic amines) is 1. The fourth-order valence-electron chi connectivity index (χ4n) is 2.27. The van der Waals surface area contributed by atoms with Crippen LogP contribution in [-0.4, -0.2) is 49.9 Å². The van der Waals surface area contributed by atoms with Gasteiger partial charge in [-0.25, -0.2) is 8.42 Å². The van der Waals surface area contributed by atoms with Gasteiger partial charge in [-0.05, 0) is 26.2 Å². The van der Waals surface area contributed by atoms with Gasteiger partial charge >= 0.3 is 0 Å². The lowest BCUT2D eigenvalue weighted by Crippen LogP contribution is -2.53. The summed E-state index contributed by atoms with van der Waals surface area (Å²) in [6.07, 6.45) is 3.92. The molecule has 0 aliphatic carbocycles. The zero-order valence-electron chi connectivity index (χ0n) is 9.85. The van der Waals surface area contributed by atoms with E-state index in [1.54, 1.807) is 4.90 Å². The maximum atomic E-state index is 11.9. The number of hydrogen-bond acceptors (Lipinski definition) is 4. The van der Waals surface area contributed by atoms with Gasteiger partial charge in [0, 0.05) is 24.9 Å². The highest BCUT2D eigenvalue weighted by Gasteiger charge is 2.31. The first kappa shape index (κ1) is 13.4. The van der Waals surface area contributed by atoms with E-state index < -0.39 is 15.6 Å². The minimum absolute atomic E-state index is 0.00185. The third-order valence-corrected chi connectivity index (χ3v) is 3.74. The number of nitrogens with two attached hydrogens (primary N) is 1. The van der Waals surface area contributed by atoms with Gasteiger partial charge in [-0.3, -0.25) is 4.79 Å². The van der Waals surface area contributed by atoms with Crippen LogP contribution in [0.4, 0.5) is 0 Å². The molecule has 5 nitrogen and oxygen atoms in total. The number of rotatable bonds is 3. The van der Waals surface area contributed by atoms with Crippen molar-refractivity contribution in [2.45, 2.75) is 38.3 Å². The molecule has 1 aliphatic heterocycles. The molecule has 2 N–H and O–H groups in total. The Hall–Kier alpha value is -0.620. The molecule has 1 heterocycles. The molecular weight excluding hydrogens is 228 g/mol. The molecule has 0 aromatic heterocycles. The quantitative estimate of drug-likeness (QED) is 0.747. The second-order valence-corrected chi connectivity index (χ2v) is 6.68. The molecule has 0 saturated carbocycles. The number of nitrogens with zero attached hydrogens (tertiary/aromatic N) is 1. The Morgan fingerprint density at radius 3 is 2.56 bits per heavy atom. The summed E-state index contributed by atoms with van der Waals surface area (Å²) in [5.41, 5.74) is 5.61. The van der Waals surface area contributed by atoms with E-state index in [9.17, 15) is 13.2 Å². The first-order valence-electron chi connectivity index (χ1n) is 5.54. The molecule has 6 heteroatoms. The van der Waals surface area contributed by atoms with Gasteiger partial charge in [0.05, 0.1) is 0 Å². The predicted octanol–water partition coefficient (Wildman–Crippen LogP) is -0.241. The average Bonchev–Trinajstić information content (AvgIpc) is 2.14. The van der Waals surface area contributed by atoms with Crippen molar-refractivity contribution in [3.05, 3.63) is 0 Å². The van der Waals surface area contributed by atoms with Crippen LogP contribution in [0.3, 0.4) is 0 Å². The first-order valence-corrected chi connectivity index (χ1v) is 7.60. The van der Waals surface area contributed by atoms with Crippen LogP contribution in [0, 0.1) is 0 Å². The Kier molecular flexibility index (Phi) is 4.32. The van der Waals surface area contributed by atoms with Crippen LogP contribution < -0.4 is 5.73 Å². The van der Waals surface area contributed by atoms with Crippen molar-refractivity contribution in [1.29, 1.82) is 0 Å². The van der Waals surface area contributed by atoms with Crippen molar-refractivity contribution in [3.8, 4) is 0 Å². The van der Waals surface area contributed by atoms with Crippen molar-refractivity contribution < 1.29 is 13.2 Å². The van der Waals surface area contributed by atoms with Crippen molar-refractivity contribution in [3.63, 3.8) is 0 Å². The SMILES string of the molecule is CC1CCCC(CN)N1C(=O)CS(C)(=O)=O. The minimum atomic E-state index is -3.26. The summed E-state index contributed by atoms with van der Waals surface area (Å²) in [7, 11) is -3.26. The van der Waals surface area contributed by atoms with Crippen LogP contribution >= 0.6 is 0 Å². The van der Waals surface area contributed by atoms with Gasteiger partial charge in [-0.15, -0.1) is 0 Å². The third kappa shape index (κ3) is 3.45. The van der Waals surface area contributed by atoms with Crippen molar-refractivity contribution in [1.82, 2.24) is 4.90 Å². The monoisotopic (exact) mass is 248 g/mol. The van der Waals surface area contributed by atoms with Gasteiger partial charge in [0.15, 0.2) is 9.84 Å². The molecule has 1 amide bonds. The molecule has 0 aromatic carbocycles. The van der Waals surface area contributed by atoms with E-state index in [-0.39, 0.29) is 18.0 Å². The molecule has 0 spiro atoms. The van der Waals surface area contributed by atoms with Gasteiger partial charge < -0.3 is 10.6 Å². The van der Waals surface area contributed by atoms with Crippen LogP contribution in [0.2, 0.25) is 0 Å². The number of sulfone groups is 1. The maximum absolute atomic E-state index is 11.9. The lowest BCUT2D eigenvalue weighted by molar-refractivity contribution is -0.134. The molecule has 1 fully saturated rings. The van der Waals surface area contributed by atoms with Gasteiger partial charge in [0.1, 0.15) is 5.75 Å². The van der Waals surface area contributed by atoms with Crippen LogP contribution in [0.5, 0.6) is 0 Å². The second-order valence-electron chi connectivity index (χ2n) is 4.54. The fraction of sp³-hybridized carbons (Fsp3) is 0.900. The zero-order valence-corrected chi connectivity index (χ0v) is 10.7. The van der Waals surface area contributed by atoms with Gasteiger partial charge in [-0.1, -0.05) is 0 Å².